The number of nitrogens with one attached hydrogen (secondary N) is 1. The summed E-state index contributed by atoms with van der Waals surface area (Å²) in [6, 6.07) is 5.08. The third-order valence-corrected chi connectivity index (χ3v) is 5.00. The molecule has 0 bridgehead atoms. The normalized spacial score (nSPS) is 22.9. The molecule has 112 valence electrons. The summed E-state index contributed by atoms with van der Waals surface area (Å²) in [5.74, 6) is -0.217. The monoisotopic (exact) mass is 298 g/mol. The molecule has 0 spiro atoms. The van der Waals surface area contributed by atoms with Gasteiger partial charge < -0.3 is 5.32 Å². The molecule has 1 heterocycles. The topological polar surface area (TPSA) is 15.3 Å². The first-order valence-electron chi connectivity index (χ1n) is 7.43. The molecule has 0 amide bonds. The minimum Gasteiger partial charge on any atom is -0.311 e. The molecule has 4 heteroatoms. The van der Waals surface area contributed by atoms with Crippen LogP contribution in [0, 0.1) is 5.82 Å². The molecule has 1 aromatic carbocycles. The molecular weight excluding hydrogens is 275 g/mol. The summed E-state index contributed by atoms with van der Waals surface area (Å²) in [5.41, 5.74) is 1.02. The van der Waals surface area contributed by atoms with Crippen molar-refractivity contribution in [1.29, 1.82) is 0 Å². The zero-order valence-electron chi connectivity index (χ0n) is 12.5. The van der Waals surface area contributed by atoms with Crippen LogP contribution in [0.1, 0.15) is 39.2 Å². The fourth-order valence-electron chi connectivity index (χ4n) is 3.11. The second-order valence-corrected chi connectivity index (χ2v) is 6.24. The Morgan fingerprint density at radius 3 is 2.75 bits per heavy atom. The minimum atomic E-state index is -0.217. The van der Waals surface area contributed by atoms with Gasteiger partial charge in [0.25, 0.3) is 0 Å². The Kier molecular flexibility index (Phi) is 5.05. The smallest absolute Gasteiger partial charge is 0.123 e. The van der Waals surface area contributed by atoms with Gasteiger partial charge in [0.1, 0.15) is 5.82 Å². The first-order valence-corrected chi connectivity index (χ1v) is 7.81. The van der Waals surface area contributed by atoms with Gasteiger partial charge in [-0.2, -0.15) is 0 Å². The average Bonchev–Trinajstić information content (AvgIpc) is 2.44. The van der Waals surface area contributed by atoms with Crippen molar-refractivity contribution in [2.75, 3.05) is 13.1 Å². The van der Waals surface area contributed by atoms with Gasteiger partial charge in [-0.05, 0) is 43.5 Å². The van der Waals surface area contributed by atoms with Crippen LogP contribution >= 0.6 is 11.6 Å². The highest BCUT2D eigenvalue weighted by Crippen LogP contribution is 2.30. The molecule has 0 saturated carbocycles. The Balaban J connectivity index is 2.25. The highest BCUT2D eigenvalue weighted by Gasteiger charge is 2.37. The van der Waals surface area contributed by atoms with Gasteiger partial charge in [0.05, 0.1) is 0 Å². The van der Waals surface area contributed by atoms with Crippen molar-refractivity contribution in [3.05, 3.63) is 34.6 Å². The van der Waals surface area contributed by atoms with Crippen LogP contribution in [0.4, 0.5) is 4.39 Å². The first kappa shape index (κ1) is 15.7. The van der Waals surface area contributed by atoms with E-state index < -0.39 is 0 Å². The molecule has 0 aliphatic carbocycles. The lowest BCUT2D eigenvalue weighted by molar-refractivity contribution is 0.0278. The molecule has 1 aliphatic heterocycles. The Morgan fingerprint density at radius 1 is 1.40 bits per heavy atom. The Morgan fingerprint density at radius 2 is 2.10 bits per heavy atom. The van der Waals surface area contributed by atoms with Crippen molar-refractivity contribution in [2.45, 2.75) is 51.7 Å². The quantitative estimate of drug-likeness (QED) is 0.909. The van der Waals surface area contributed by atoms with E-state index in [1.54, 1.807) is 12.1 Å². The maximum Gasteiger partial charge on any atom is 0.123 e. The van der Waals surface area contributed by atoms with E-state index in [1.165, 1.54) is 6.07 Å². The van der Waals surface area contributed by atoms with E-state index in [4.69, 9.17) is 11.6 Å². The third-order valence-electron chi connectivity index (χ3n) is 4.63. The second kappa shape index (κ2) is 6.42. The molecule has 1 atom stereocenters. The lowest BCUT2D eigenvalue weighted by Crippen LogP contribution is -2.63. The van der Waals surface area contributed by atoms with Crippen LogP contribution in [0.25, 0.3) is 0 Å². The molecule has 1 unspecified atom stereocenters. The largest absolute Gasteiger partial charge is 0.311 e. The lowest BCUT2D eigenvalue weighted by atomic mass is 9.87. The van der Waals surface area contributed by atoms with E-state index in [9.17, 15) is 4.39 Å². The summed E-state index contributed by atoms with van der Waals surface area (Å²) in [4.78, 5) is 2.47. The molecule has 1 aromatic rings. The van der Waals surface area contributed by atoms with Crippen LogP contribution in [0.5, 0.6) is 0 Å². The van der Waals surface area contributed by atoms with Crippen LogP contribution in [-0.4, -0.2) is 29.6 Å². The Hall–Kier alpha value is -0.640. The molecule has 1 N–H and O–H groups in total. The van der Waals surface area contributed by atoms with Gasteiger partial charge in [0.2, 0.25) is 0 Å². The second-order valence-electron chi connectivity index (χ2n) is 5.83. The van der Waals surface area contributed by atoms with Gasteiger partial charge in [-0.25, -0.2) is 4.39 Å². The van der Waals surface area contributed by atoms with E-state index in [0.717, 1.165) is 31.5 Å². The highest BCUT2D eigenvalue weighted by atomic mass is 35.5. The number of hydrogen-bond acceptors (Lipinski definition) is 2. The van der Waals surface area contributed by atoms with Gasteiger partial charge in [0, 0.05) is 36.2 Å². The maximum absolute atomic E-state index is 13.4. The molecule has 20 heavy (non-hydrogen) atoms. The zero-order chi connectivity index (χ0) is 14.8. The molecule has 0 radical (unpaired) electrons. The van der Waals surface area contributed by atoms with Crippen molar-refractivity contribution in [3.8, 4) is 0 Å². The van der Waals surface area contributed by atoms with Gasteiger partial charge in [0.15, 0.2) is 0 Å². The number of halogens is 2. The summed E-state index contributed by atoms with van der Waals surface area (Å²) >= 11 is 6.22. The highest BCUT2D eigenvalue weighted by molar-refractivity contribution is 6.31. The van der Waals surface area contributed by atoms with Crippen LogP contribution in [0.3, 0.4) is 0 Å². The van der Waals surface area contributed by atoms with Gasteiger partial charge >= 0.3 is 0 Å². The third kappa shape index (κ3) is 3.16. The van der Waals surface area contributed by atoms with Crippen molar-refractivity contribution >= 4 is 11.6 Å². The Bertz CT molecular complexity index is 460. The first-order chi connectivity index (χ1) is 9.50. The van der Waals surface area contributed by atoms with Crippen molar-refractivity contribution in [1.82, 2.24) is 10.2 Å². The van der Waals surface area contributed by atoms with Crippen molar-refractivity contribution < 1.29 is 4.39 Å². The zero-order valence-corrected chi connectivity index (χ0v) is 13.3. The van der Waals surface area contributed by atoms with Gasteiger partial charge in [-0.1, -0.05) is 25.4 Å². The summed E-state index contributed by atoms with van der Waals surface area (Å²) in [5, 5.41) is 4.22. The summed E-state index contributed by atoms with van der Waals surface area (Å²) in [6.45, 7) is 9.30. The van der Waals surface area contributed by atoms with Crippen molar-refractivity contribution in [2.24, 2.45) is 0 Å². The standard InChI is InChI=1S/C16H24ClFN2/c1-4-16(5-2)11-19-12(3)9-20(16)10-13-8-14(18)6-7-15(13)17/h6-8,12,19H,4-5,9-11H2,1-3H3. The van der Waals surface area contributed by atoms with E-state index in [-0.39, 0.29) is 11.4 Å². The summed E-state index contributed by atoms with van der Waals surface area (Å²) < 4.78 is 13.4. The fraction of sp³-hybridized carbons (Fsp3) is 0.625. The van der Waals surface area contributed by atoms with Gasteiger partial charge in [-0.3, -0.25) is 4.90 Å². The van der Waals surface area contributed by atoms with E-state index in [2.05, 4.69) is 31.0 Å². The molecule has 1 saturated heterocycles. The number of hydrogen-bond donors (Lipinski definition) is 1. The summed E-state index contributed by atoms with van der Waals surface area (Å²) in [6.07, 6.45) is 2.16. The molecule has 1 aliphatic rings. The molecule has 2 rings (SSSR count). The minimum absolute atomic E-state index is 0.141. The number of piperazine rings is 1. The molecule has 0 aromatic heterocycles. The maximum atomic E-state index is 13.4. The predicted octanol–water partition coefficient (Wildman–Crippen LogP) is 3.83. The molecule has 1 fully saturated rings. The molecule has 2 nitrogen and oxygen atoms in total. The van der Waals surface area contributed by atoms with E-state index in [1.807, 2.05) is 0 Å². The number of benzene rings is 1. The van der Waals surface area contributed by atoms with Crippen LogP contribution in [-0.2, 0) is 6.54 Å². The van der Waals surface area contributed by atoms with Crippen molar-refractivity contribution in [3.63, 3.8) is 0 Å². The SMILES string of the molecule is CCC1(CC)CNC(C)CN1Cc1cc(F)ccc1Cl. The molecular formula is C16H24ClFN2. The summed E-state index contributed by atoms with van der Waals surface area (Å²) in [7, 11) is 0. The van der Waals surface area contributed by atoms with Crippen LogP contribution < -0.4 is 5.32 Å². The predicted molar refractivity (Wildman–Crippen MR) is 82.6 cm³/mol. The Labute approximate surface area is 126 Å². The van der Waals surface area contributed by atoms with Gasteiger partial charge in [-0.15, -0.1) is 0 Å². The number of nitrogens with zero attached hydrogens (tertiary/aromatic N) is 1. The fourth-order valence-corrected chi connectivity index (χ4v) is 3.29. The lowest BCUT2D eigenvalue weighted by Gasteiger charge is -2.49. The van der Waals surface area contributed by atoms with E-state index in [0.29, 0.717) is 17.6 Å². The van der Waals surface area contributed by atoms with E-state index >= 15 is 0 Å². The van der Waals surface area contributed by atoms with Crippen LogP contribution in [0.15, 0.2) is 18.2 Å². The number of rotatable bonds is 4. The average molecular weight is 299 g/mol. The van der Waals surface area contributed by atoms with Crippen LogP contribution in [0.2, 0.25) is 5.02 Å².